The van der Waals surface area contributed by atoms with Crippen molar-refractivity contribution in [1.29, 1.82) is 5.26 Å². The Morgan fingerprint density at radius 2 is 1.92 bits per heavy atom. The number of thioether (sulfide) groups is 1. The van der Waals surface area contributed by atoms with Gasteiger partial charge in [0.25, 0.3) is 0 Å². The Morgan fingerprint density at radius 3 is 2.54 bits per heavy atom. The average Bonchev–Trinajstić information content (AvgIpc) is 2.60. The van der Waals surface area contributed by atoms with E-state index in [4.69, 9.17) is 5.26 Å². The molecule has 0 saturated heterocycles. The molecule has 5 nitrogen and oxygen atoms in total. The zero-order chi connectivity index (χ0) is 17.5. The Bertz CT molecular complexity index is 737. The summed E-state index contributed by atoms with van der Waals surface area (Å²) in [7, 11) is 5.77. The van der Waals surface area contributed by atoms with Gasteiger partial charge in [-0.1, -0.05) is 23.9 Å². The fourth-order valence-electron chi connectivity index (χ4n) is 2.09. The van der Waals surface area contributed by atoms with Crippen molar-refractivity contribution >= 4 is 23.4 Å². The van der Waals surface area contributed by atoms with E-state index in [2.05, 4.69) is 11.1 Å². The molecule has 0 spiro atoms. The van der Waals surface area contributed by atoms with Crippen molar-refractivity contribution in [2.75, 3.05) is 31.8 Å². The number of pyridine rings is 1. The zero-order valence-electron chi connectivity index (χ0n) is 14.1. The van der Waals surface area contributed by atoms with E-state index in [9.17, 15) is 4.79 Å². The predicted molar refractivity (Wildman–Crippen MR) is 96.9 cm³/mol. The average molecular weight is 340 g/mol. The highest BCUT2D eigenvalue weighted by atomic mass is 32.2. The number of carbonyl (C=O) groups excluding carboxylic acids is 1. The summed E-state index contributed by atoms with van der Waals surface area (Å²) >= 11 is 1.29. The highest BCUT2D eigenvalue weighted by molar-refractivity contribution is 7.99. The van der Waals surface area contributed by atoms with Crippen LogP contribution in [0, 0.1) is 11.3 Å². The van der Waals surface area contributed by atoms with Crippen LogP contribution in [0.15, 0.2) is 47.6 Å². The van der Waals surface area contributed by atoms with E-state index in [1.54, 1.807) is 30.3 Å². The molecule has 6 heteroatoms. The first-order chi connectivity index (χ1) is 11.5. The minimum atomic E-state index is 0.00577. The molecule has 0 aliphatic heterocycles. The summed E-state index contributed by atoms with van der Waals surface area (Å²) in [5.41, 5.74) is 2.71. The number of amides is 1. The molecule has 0 fully saturated rings. The standard InChI is InChI=1S/C18H20N4OS/c1-21(2)16-8-6-14(7-9-16)12-22(3)17(23)13-24-18-15(11-19)5-4-10-20-18/h4-10H,12-13H2,1-3H3. The molecule has 1 aromatic carbocycles. The van der Waals surface area contributed by atoms with Crippen LogP contribution in [-0.4, -0.2) is 42.7 Å². The predicted octanol–water partition coefficient (Wildman–Crippen LogP) is 2.77. The number of carbonyl (C=O) groups is 1. The van der Waals surface area contributed by atoms with Gasteiger partial charge in [-0.05, 0) is 29.8 Å². The molecule has 124 valence electrons. The van der Waals surface area contributed by atoms with E-state index in [0.717, 1.165) is 11.3 Å². The summed E-state index contributed by atoms with van der Waals surface area (Å²) < 4.78 is 0. The number of rotatable bonds is 6. The number of benzene rings is 1. The van der Waals surface area contributed by atoms with Gasteiger partial charge in [-0.2, -0.15) is 5.26 Å². The van der Waals surface area contributed by atoms with Gasteiger partial charge in [-0.3, -0.25) is 4.79 Å². The van der Waals surface area contributed by atoms with Crippen LogP contribution in [0.25, 0.3) is 0 Å². The van der Waals surface area contributed by atoms with Gasteiger partial charge in [0, 0.05) is 39.6 Å². The number of aromatic nitrogens is 1. The second kappa shape index (κ2) is 8.37. The van der Waals surface area contributed by atoms with E-state index in [-0.39, 0.29) is 11.7 Å². The van der Waals surface area contributed by atoms with Crippen molar-refractivity contribution in [3.05, 3.63) is 53.7 Å². The van der Waals surface area contributed by atoms with Crippen molar-refractivity contribution in [2.24, 2.45) is 0 Å². The van der Waals surface area contributed by atoms with E-state index >= 15 is 0 Å². The summed E-state index contributed by atoms with van der Waals surface area (Å²) in [6.07, 6.45) is 1.63. The van der Waals surface area contributed by atoms with Crippen molar-refractivity contribution in [2.45, 2.75) is 11.6 Å². The van der Waals surface area contributed by atoms with Crippen LogP contribution in [-0.2, 0) is 11.3 Å². The lowest BCUT2D eigenvalue weighted by Crippen LogP contribution is -2.27. The van der Waals surface area contributed by atoms with Gasteiger partial charge in [-0.15, -0.1) is 0 Å². The number of hydrogen-bond acceptors (Lipinski definition) is 5. The topological polar surface area (TPSA) is 60.2 Å². The zero-order valence-corrected chi connectivity index (χ0v) is 14.9. The van der Waals surface area contributed by atoms with Crippen molar-refractivity contribution in [1.82, 2.24) is 9.88 Å². The molecule has 1 aromatic heterocycles. The van der Waals surface area contributed by atoms with E-state index in [0.29, 0.717) is 17.1 Å². The Hall–Kier alpha value is -2.52. The molecule has 0 aliphatic carbocycles. The van der Waals surface area contributed by atoms with Crippen LogP contribution >= 0.6 is 11.8 Å². The van der Waals surface area contributed by atoms with Gasteiger partial charge in [0.15, 0.2) is 0 Å². The molecule has 1 amide bonds. The van der Waals surface area contributed by atoms with E-state index < -0.39 is 0 Å². The van der Waals surface area contributed by atoms with Crippen LogP contribution in [0.4, 0.5) is 5.69 Å². The number of nitriles is 1. The molecule has 1 heterocycles. The molecule has 0 radical (unpaired) electrons. The van der Waals surface area contributed by atoms with Crippen molar-refractivity contribution < 1.29 is 4.79 Å². The highest BCUT2D eigenvalue weighted by Crippen LogP contribution is 2.20. The molecule has 2 aromatic rings. The molecule has 0 bridgehead atoms. The fraction of sp³-hybridized carbons (Fsp3) is 0.278. The summed E-state index contributed by atoms with van der Waals surface area (Å²) in [6, 6.07) is 13.6. The van der Waals surface area contributed by atoms with Crippen LogP contribution < -0.4 is 4.90 Å². The molecule has 2 rings (SSSR count). The molecular weight excluding hydrogens is 320 g/mol. The third-order valence-electron chi connectivity index (χ3n) is 3.52. The minimum Gasteiger partial charge on any atom is -0.378 e. The first kappa shape index (κ1) is 17.8. The minimum absolute atomic E-state index is 0.00577. The molecule has 24 heavy (non-hydrogen) atoms. The first-order valence-corrected chi connectivity index (χ1v) is 8.48. The third-order valence-corrected chi connectivity index (χ3v) is 4.51. The van der Waals surface area contributed by atoms with Crippen molar-refractivity contribution in [3.8, 4) is 6.07 Å². The summed E-state index contributed by atoms with van der Waals surface area (Å²) in [4.78, 5) is 20.2. The lowest BCUT2D eigenvalue weighted by Gasteiger charge is -2.18. The molecule has 0 unspecified atom stereocenters. The van der Waals surface area contributed by atoms with E-state index in [1.807, 2.05) is 43.3 Å². The lowest BCUT2D eigenvalue weighted by atomic mass is 10.2. The van der Waals surface area contributed by atoms with Gasteiger partial charge >= 0.3 is 0 Å². The number of nitrogens with zero attached hydrogens (tertiary/aromatic N) is 4. The maximum atomic E-state index is 12.3. The van der Waals surface area contributed by atoms with Crippen LogP contribution in [0.2, 0.25) is 0 Å². The Kier molecular flexibility index (Phi) is 6.21. The Labute approximate surface area is 146 Å². The number of hydrogen-bond donors (Lipinski definition) is 0. The maximum Gasteiger partial charge on any atom is 0.233 e. The quantitative estimate of drug-likeness (QED) is 0.757. The van der Waals surface area contributed by atoms with Gasteiger partial charge in [0.1, 0.15) is 11.1 Å². The van der Waals surface area contributed by atoms with E-state index in [1.165, 1.54) is 11.8 Å². The number of anilines is 1. The first-order valence-electron chi connectivity index (χ1n) is 7.49. The summed E-state index contributed by atoms with van der Waals surface area (Å²) in [5.74, 6) is 0.268. The van der Waals surface area contributed by atoms with Crippen LogP contribution in [0.3, 0.4) is 0 Å². The largest absolute Gasteiger partial charge is 0.378 e. The smallest absolute Gasteiger partial charge is 0.233 e. The molecular formula is C18H20N4OS. The normalized spacial score (nSPS) is 10.1. The Balaban J connectivity index is 1.91. The van der Waals surface area contributed by atoms with Gasteiger partial charge in [0.2, 0.25) is 5.91 Å². The molecule has 0 atom stereocenters. The molecule has 0 N–H and O–H groups in total. The lowest BCUT2D eigenvalue weighted by molar-refractivity contribution is -0.127. The molecule has 0 saturated carbocycles. The third kappa shape index (κ3) is 4.74. The second-order valence-electron chi connectivity index (χ2n) is 5.57. The van der Waals surface area contributed by atoms with Gasteiger partial charge < -0.3 is 9.80 Å². The SMILES string of the molecule is CN(Cc1ccc(N(C)C)cc1)C(=O)CSc1ncccc1C#N. The maximum absolute atomic E-state index is 12.3. The van der Waals surface area contributed by atoms with Gasteiger partial charge in [-0.25, -0.2) is 4.98 Å². The summed E-state index contributed by atoms with van der Waals surface area (Å²) in [6.45, 7) is 0.556. The second-order valence-corrected chi connectivity index (χ2v) is 6.53. The summed E-state index contributed by atoms with van der Waals surface area (Å²) in [5, 5.41) is 9.64. The van der Waals surface area contributed by atoms with Crippen molar-refractivity contribution in [3.63, 3.8) is 0 Å². The highest BCUT2D eigenvalue weighted by Gasteiger charge is 2.12. The van der Waals surface area contributed by atoms with Gasteiger partial charge in [0.05, 0.1) is 11.3 Å². The molecule has 0 aliphatic rings. The monoisotopic (exact) mass is 340 g/mol. The van der Waals surface area contributed by atoms with Crippen LogP contribution in [0.5, 0.6) is 0 Å². The Morgan fingerprint density at radius 1 is 1.21 bits per heavy atom. The fourth-order valence-corrected chi connectivity index (χ4v) is 2.98. The van der Waals surface area contributed by atoms with Crippen LogP contribution in [0.1, 0.15) is 11.1 Å².